The number of aliphatic hydroxyl groups excluding tert-OH is 1. The molecular formula is C12H18N2O4. The van der Waals surface area contributed by atoms with Gasteiger partial charge in [-0.05, 0) is 25.0 Å². The molecule has 0 aliphatic carbocycles. The van der Waals surface area contributed by atoms with Crippen LogP contribution in [0.1, 0.15) is 12.0 Å². The van der Waals surface area contributed by atoms with Crippen LogP contribution < -0.4 is 5.32 Å². The minimum atomic E-state index is -0.499. The van der Waals surface area contributed by atoms with Gasteiger partial charge in [0.15, 0.2) is 0 Å². The van der Waals surface area contributed by atoms with E-state index in [0.717, 1.165) is 11.3 Å². The van der Waals surface area contributed by atoms with E-state index in [0.29, 0.717) is 19.6 Å². The van der Waals surface area contributed by atoms with E-state index < -0.39 is 11.0 Å². The standard InChI is InChI=1S/C12H18N2O4/c1-9-7-10(14(16)17)3-4-12(9)13-6-5-11(15)8-18-2/h3-4,7,11,13,15H,5-6,8H2,1-2H3. The van der Waals surface area contributed by atoms with Crippen LogP contribution >= 0.6 is 0 Å². The van der Waals surface area contributed by atoms with Crippen molar-refractivity contribution in [2.45, 2.75) is 19.4 Å². The van der Waals surface area contributed by atoms with Gasteiger partial charge in [0, 0.05) is 31.5 Å². The Morgan fingerprint density at radius 3 is 2.83 bits per heavy atom. The van der Waals surface area contributed by atoms with Crippen molar-refractivity contribution in [3.05, 3.63) is 33.9 Å². The van der Waals surface area contributed by atoms with Gasteiger partial charge >= 0.3 is 0 Å². The molecule has 0 amide bonds. The van der Waals surface area contributed by atoms with Crippen molar-refractivity contribution in [3.8, 4) is 0 Å². The van der Waals surface area contributed by atoms with E-state index in [1.807, 2.05) is 0 Å². The van der Waals surface area contributed by atoms with Gasteiger partial charge < -0.3 is 15.2 Å². The van der Waals surface area contributed by atoms with Crippen LogP contribution in [-0.4, -0.2) is 36.4 Å². The Bertz CT molecular complexity index is 409. The zero-order valence-electron chi connectivity index (χ0n) is 10.5. The summed E-state index contributed by atoms with van der Waals surface area (Å²) in [7, 11) is 1.54. The Kier molecular flexibility index (Phi) is 5.54. The van der Waals surface area contributed by atoms with Gasteiger partial charge in [0.25, 0.3) is 5.69 Å². The number of aryl methyl sites for hydroxylation is 1. The van der Waals surface area contributed by atoms with Crippen molar-refractivity contribution in [2.24, 2.45) is 0 Å². The second-order valence-corrected chi connectivity index (χ2v) is 4.08. The zero-order valence-corrected chi connectivity index (χ0v) is 10.5. The Labute approximate surface area is 106 Å². The van der Waals surface area contributed by atoms with Crippen molar-refractivity contribution in [3.63, 3.8) is 0 Å². The highest BCUT2D eigenvalue weighted by molar-refractivity contribution is 5.55. The fourth-order valence-electron chi connectivity index (χ4n) is 1.61. The lowest BCUT2D eigenvalue weighted by Crippen LogP contribution is -2.18. The number of anilines is 1. The molecule has 1 unspecified atom stereocenters. The Balaban J connectivity index is 2.50. The van der Waals surface area contributed by atoms with Gasteiger partial charge in [-0.2, -0.15) is 0 Å². The minimum Gasteiger partial charge on any atom is -0.391 e. The molecule has 6 heteroatoms. The molecule has 0 heterocycles. The first-order valence-electron chi connectivity index (χ1n) is 5.70. The summed E-state index contributed by atoms with van der Waals surface area (Å²) in [6.07, 6.45) is 0.0606. The second-order valence-electron chi connectivity index (χ2n) is 4.08. The maximum Gasteiger partial charge on any atom is 0.269 e. The van der Waals surface area contributed by atoms with Crippen LogP contribution in [0.2, 0.25) is 0 Å². The Morgan fingerprint density at radius 1 is 1.56 bits per heavy atom. The van der Waals surface area contributed by atoms with Crippen molar-refractivity contribution in [1.82, 2.24) is 0 Å². The lowest BCUT2D eigenvalue weighted by atomic mass is 10.1. The number of hydrogen-bond acceptors (Lipinski definition) is 5. The molecule has 0 bridgehead atoms. The molecule has 1 aromatic rings. The molecule has 1 aromatic carbocycles. The Hall–Kier alpha value is -1.66. The first-order valence-corrected chi connectivity index (χ1v) is 5.70. The molecule has 0 spiro atoms. The smallest absolute Gasteiger partial charge is 0.269 e. The van der Waals surface area contributed by atoms with Crippen LogP contribution in [-0.2, 0) is 4.74 Å². The summed E-state index contributed by atoms with van der Waals surface area (Å²) in [5.74, 6) is 0. The third-order valence-corrected chi connectivity index (χ3v) is 2.57. The average Bonchev–Trinajstić information content (AvgIpc) is 2.31. The summed E-state index contributed by atoms with van der Waals surface area (Å²) >= 11 is 0. The van der Waals surface area contributed by atoms with Crippen molar-refractivity contribution in [2.75, 3.05) is 25.6 Å². The number of rotatable bonds is 7. The number of nitro groups is 1. The summed E-state index contributed by atoms with van der Waals surface area (Å²) < 4.78 is 4.82. The van der Waals surface area contributed by atoms with E-state index in [1.54, 1.807) is 13.0 Å². The molecule has 6 nitrogen and oxygen atoms in total. The largest absolute Gasteiger partial charge is 0.391 e. The van der Waals surface area contributed by atoms with E-state index >= 15 is 0 Å². The van der Waals surface area contributed by atoms with Crippen LogP contribution in [0.15, 0.2) is 18.2 Å². The summed E-state index contributed by atoms with van der Waals surface area (Å²) in [5.41, 5.74) is 1.73. The van der Waals surface area contributed by atoms with Crippen LogP contribution in [0, 0.1) is 17.0 Å². The van der Waals surface area contributed by atoms with E-state index in [4.69, 9.17) is 4.74 Å². The number of non-ortho nitro benzene ring substituents is 1. The van der Waals surface area contributed by atoms with Gasteiger partial charge in [0.2, 0.25) is 0 Å². The third kappa shape index (κ3) is 4.31. The SMILES string of the molecule is COCC(O)CCNc1ccc([N+](=O)[O-])cc1C. The lowest BCUT2D eigenvalue weighted by molar-refractivity contribution is -0.384. The number of benzene rings is 1. The molecule has 0 radical (unpaired) electrons. The fourth-order valence-corrected chi connectivity index (χ4v) is 1.61. The molecule has 0 fully saturated rings. The first kappa shape index (κ1) is 14.4. The van der Waals surface area contributed by atoms with Gasteiger partial charge in [-0.15, -0.1) is 0 Å². The van der Waals surface area contributed by atoms with E-state index in [1.165, 1.54) is 19.2 Å². The third-order valence-electron chi connectivity index (χ3n) is 2.57. The van der Waals surface area contributed by atoms with Crippen molar-refractivity contribution in [1.29, 1.82) is 0 Å². The predicted molar refractivity (Wildman–Crippen MR) is 68.8 cm³/mol. The molecule has 0 saturated carbocycles. The molecule has 100 valence electrons. The van der Waals surface area contributed by atoms with E-state index in [2.05, 4.69) is 5.32 Å². The minimum absolute atomic E-state index is 0.0810. The monoisotopic (exact) mass is 254 g/mol. The van der Waals surface area contributed by atoms with Crippen LogP contribution in [0.3, 0.4) is 0 Å². The molecule has 0 saturated heterocycles. The molecule has 1 atom stereocenters. The maximum absolute atomic E-state index is 10.6. The van der Waals surface area contributed by atoms with Crippen molar-refractivity contribution >= 4 is 11.4 Å². The van der Waals surface area contributed by atoms with E-state index in [9.17, 15) is 15.2 Å². The van der Waals surface area contributed by atoms with Crippen LogP contribution in [0.5, 0.6) is 0 Å². The van der Waals surface area contributed by atoms with Gasteiger partial charge in [0.05, 0.1) is 17.6 Å². The topological polar surface area (TPSA) is 84.6 Å². The number of nitrogens with one attached hydrogen (secondary N) is 1. The van der Waals surface area contributed by atoms with Crippen molar-refractivity contribution < 1.29 is 14.8 Å². The highest BCUT2D eigenvalue weighted by Gasteiger charge is 2.08. The summed E-state index contributed by atoms with van der Waals surface area (Å²) in [4.78, 5) is 10.2. The molecule has 0 aliphatic heterocycles. The normalized spacial score (nSPS) is 12.2. The summed E-state index contributed by atoms with van der Waals surface area (Å²) in [5, 5.41) is 23.2. The molecule has 18 heavy (non-hydrogen) atoms. The number of nitrogens with zero attached hydrogens (tertiary/aromatic N) is 1. The predicted octanol–water partition coefficient (Wildman–Crippen LogP) is 1.71. The lowest BCUT2D eigenvalue weighted by Gasteiger charge is -2.12. The fraction of sp³-hybridized carbons (Fsp3) is 0.500. The van der Waals surface area contributed by atoms with Gasteiger partial charge in [-0.25, -0.2) is 0 Å². The number of aliphatic hydroxyl groups is 1. The van der Waals surface area contributed by atoms with Crippen LogP contribution in [0.25, 0.3) is 0 Å². The first-order chi connectivity index (χ1) is 8.54. The number of nitro benzene ring substituents is 1. The van der Waals surface area contributed by atoms with Crippen LogP contribution in [0.4, 0.5) is 11.4 Å². The van der Waals surface area contributed by atoms with Gasteiger partial charge in [-0.3, -0.25) is 10.1 Å². The quantitative estimate of drug-likeness (QED) is 0.571. The highest BCUT2D eigenvalue weighted by Crippen LogP contribution is 2.21. The molecule has 0 aromatic heterocycles. The highest BCUT2D eigenvalue weighted by atomic mass is 16.6. The summed E-state index contributed by atoms with van der Waals surface area (Å²) in [6, 6.07) is 4.66. The Morgan fingerprint density at radius 2 is 2.28 bits per heavy atom. The van der Waals surface area contributed by atoms with E-state index in [-0.39, 0.29) is 5.69 Å². The molecule has 0 aliphatic rings. The average molecular weight is 254 g/mol. The molecular weight excluding hydrogens is 236 g/mol. The maximum atomic E-state index is 10.6. The zero-order chi connectivity index (χ0) is 13.5. The number of ether oxygens (including phenoxy) is 1. The van der Waals surface area contributed by atoms with Gasteiger partial charge in [-0.1, -0.05) is 0 Å². The summed E-state index contributed by atoms with van der Waals surface area (Å²) in [6.45, 7) is 2.70. The second kappa shape index (κ2) is 6.93. The molecule has 1 rings (SSSR count). The molecule has 2 N–H and O–H groups in total. The number of hydrogen-bond donors (Lipinski definition) is 2. The van der Waals surface area contributed by atoms with Gasteiger partial charge in [0.1, 0.15) is 0 Å². The number of methoxy groups -OCH3 is 1.